The van der Waals surface area contributed by atoms with Crippen LogP contribution in [0.5, 0.6) is 0 Å². The summed E-state index contributed by atoms with van der Waals surface area (Å²) in [5.74, 6) is 1.07. The van der Waals surface area contributed by atoms with E-state index in [-0.39, 0.29) is 0 Å². The lowest BCUT2D eigenvalue weighted by Crippen LogP contribution is -2.46. The van der Waals surface area contributed by atoms with Gasteiger partial charge in [-0.2, -0.15) is 0 Å². The Hall–Kier alpha value is -3.02. The van der Waals surface area contributed by atoms with E-state index in [0.717, 1.165) is 43.4 Å². The van der Waals surface area contributed by atoms with Crippen LogP contribution in [0.15, 0.2) is 79.1 Å². The molecule has 4 nitrogen and oxygen atoms in total. The molecule has 0 aliphatic carbocycles. The first-order valence-corrected chi connectivity index (χ1v) is 11.2. The fraction of sp³-hybridized carbons (Fsp3) is 0.200. The van der Waals surface area contributed by atoms with Gasteiger partial charge >= 0.3 is 0 Å². The maximum absolute atomic E-state index is 4.65. The van der Waals surface area contributed by atoms with E-state index in [4.69, 9.17) is 0 Å². The number of rotatable bonds is 5. The first kappa shape index (κ1) is 19.0. The molecule has 0 unspecified atom stereocenters. The maximum Gasteiger partial charge on any atom is 0.140 e. The normalized spacial score (nSPS) is 15.3. The van der Waals surface area contributed by atoms with E-state index in [0.29, 0.717) is 0 Å². The molecule has 1 aliphatic heterocycles. The Bertz CT molecular complexity index is 1130. The highest BCUT2D eigenvalue weighted by atomic mass is 32.1. The van der Waals surface area contributed by atoms with Crippen molar-refractivity contribution in [2.24, 2.45) is 0 Å². The van der Waals surface area contributed by atoms with E-state index in [1.807, 2.05) is 0 Å². The predicted octanol–water partition coefficient (Wildman–Crippen LogP) is 5.19. The molecule has 3 heterocycles. The molecule has 4 aromatic rings. The largest absolute Gasteiger partial charge is 0.353 e. The van der Waals surface area contributed by atoms with Crippen LogP contribution in [0.2, 0.25) is 0 Å². The monoisotopic (exact) mass is 412 g/mol. The molecule has 150 valence electrons. The molecule has 1 fully saturated rings. The first-order valence-electron chi connectivity index (χ1n) is 10.4. The zero-order valence-electron chi connectivity index (χ0n) is 16.8. The molecule has 2 aromatic heterocycles. The lowest BCUT2D eigenvalue weighted by Gasteiger charge is -2.35. The third-order valence-corrected chi connectivity index (χ3v) is 6.60. The van der Waals surface area contributed by atoms with Crippen molar-refractivity contribution < 1.29 is 0 Å². The van der Waals surface area contributed by atoms with Crippen molar-refractivity contribution in [1.29, 1.82) is 0 Å². The third kappa shape index (κ3) is 4.13. The van der Waals surface area contributed by atoms with Crippen molar-refractivity contribution in [3.63, 3.8) is 0 Å². The van der Waals surface area contributed by atoms with Gasteiger partial charge in [0, 0.05) is 37.6 Å². The van der Waals surface area contributed by atoms with Gasteiger partial charge in [-0.25, -0.2) is 9.97 Å². The summed E-state index contributed by atoms with van der Waals surface area (Å²) >= 11 is 1.74. The highest BCUT2D eigenvalue weighted by molar-refractivity contribution is 7.21. The minimum Gasteiger partial charge on any atom is -0.353 e. The van der Waals surface area contributed by atoms with Crippen LogP contribution in [0.25, 0.3) is 26.7 Å². The van der Waals surface area contributed by atoms with Gasteiger partial charge in [0.1, 0.15) is 17.0 Å². The van der Waals surface area contributed by atoms with Crippen LogP contribution in [0, 0.1) is 0 Å². The summed E-state index contributed by atoms with van der Waals surface area (Å²) in [6, 6.07) is 23.3. The number of aromatic nitrogens is 2. The fourth-order valence-electron chi connectivity index (χ4n) is 3.88. The van der Waals surface area contributed by atoms with Gasteiger partial charge in [-0.1, -0.05) is 72.8 Å². The van der Waals surface area contributed by atoms with Crippen molar-refractivity contribution in [2.75, 3.05) is 37.6 Å². The highest BCUT2D eigenvalue weighted by Crippen LogP contribution is 2.36. The second-order valence-corrected chi connectivity index (χ2v) is 8.52. The summed E-state index contributed by atoms with van der Waals surface area (Å²) in [5.41, 5.74) is 2.49. The Morgan fingerprint density at radius 2 is 1.60 bits per heavy atom. The van der Waals surface area contributed by atoms with E-state index < -0.39 is 0 Å². The van der Waals surface area contributed by atoms with Gasteiger partial charge in [-0.15, -0.1) is 11.3 Å². The molecular formula is C25H24N4S. The van der Waals surface area contributed by atoms with Crippen LogP contribution < -0.4 is 4.90 Å². The predicted molar refractivity (Wildman–Crippen MR) is 127 cm³/mol. The summed E-state index contributed by atoms with van der Waals surface area (Å²) in [6.07, 6.45) is 6.17. The second kappa shape index (κ2) is 8.78. The van der Waals surface area contributed by atoms with Crippen molar-refractivity contribution in [3.05, 3.63) is 84.7 Å². The van der Waals surface area contributed by atoms with Crippen LogP contribution in [0.3, 0.4) is 0 Å². The van der Waals surface area contributed by atoms with Gasteiger partial charge in [-0.05, 0) is 17.2 Å². The third-order valence-electron chi connectivity index (χ3n) is 5.51. The Morgan fingerprint density at radius 3 is 2.37 bits per heavy atom. The fourth-order valence-corrected chi connectivity index (χ4v) is 4.88. The van der Waals surface area contributed by atoms with E-state index >= 15 is 0 Å². The van der Waals surface area contributed by atoms with E-state index in [2.05, 4.69) is 98.6 Å². The molecule has 0 atom stereocenters. The molecule has 0 amide bonds. The van der Waals surface area contributed by atoms with E-state index in [1.54, 1.807) is 17.7 Å². The zero-order chi connectivity index (χ0) is 20.2. The number of nitrogens with zero attached hydrogens (tertiary/aromatic N) is 4. The molecule has 0 saturated carbocycles. The molecular weight excluding hydrogens is 388 g/mol. The number of piperazine rings is 1. The quantitative estimate of drug-likeness (QED) is 0.451. The lowest BCUT2D eigenvalue weighted by molar-refractivity contribution is 0.284. The van der Waals surface area contributed by atoms with Crippen molar-refractivity contribution in [3.8, 4) is 10.4 Å². The van der Waals surface area contributed by atoms with E-state index in [9.17, 15) is 0 Å². The average Bonchev–Trinajstić information content (AvgIpc) is 3.26. The van der Waals surface area contributed by atoms with Crippen LogP contribution in [0.1, 0.15) is 5.56 Å². The average molecular weight is 413 g/mol. The van der Waals surface area contributed by atoms with Crippen LogP contribution in [-0.4, -0.2) is 47.6 Å². The molecule has 5 rings (SSSR count). The van der Waals surface area contributed by atoms with Crippen molar-refractivity contribution in [1.82, 2.24) is 14.9 Å². The van der Waals surface area contributed by atoms with Crippen LogP contribution in [0.4, 0.5) is 5.82 Å². The smallest absolute Gasteiger partial charge is 0.140 e. The molecule has 2 aromatic carbocycles. The van der Waals surface area contributed by atoms with Gasteiger partial charge in [0.05, 0.1) is 5.39 Å². The first-order chi connectivity index (χ1) is 14.9. The van der Waals surface area contributed by atoms with Crippen molar-refractivity contribution >= 4 is 33.4 Å². The summed E-state index contributed by atoms with van der Waals surface area (Å²) in [4.78, 5) is 16.4. The maximum atomic E-state index is 4.65. The number of hydrogen-bond acceptors (Lipinski definition) is 5. The number of anilines is 1. The van der Waals surface area contributed by atoms with E-state index in [1.165, 1.54) is 21.4 Å². The molecule has 30 heavy (non-hydrogen) atoms. The lowest BCUT2D eigenvalue weighted by atomic mass is 10.2. The Morgan fingerprint density at radius 1 is 0.867 bits per heavy atom. The number of benzene rings is 2. The molecule has 0 spiro atoms. The number of thiophene rings is 1. The standard InChI is InChI=1S/C25H24N4S/c1-3-8-20(9-4-1)10-7-13-28-14-16-29(17-15-28)24-22-18-23(21-11-5-2-6-12-21)30-25(22)27-19-26-24/h1-12,18-19H,13-17H2/b10-7+. The molecule has 1 aliphatic rings. The minimum absolute atomic E-state index is 0.985. The molecule has 5 heteroatoms. The van der Waals surface area contributed by atoms with Crippen molar-refractivity contribution in [2.45, 2.75) is 0 Å². The Kier molecular flexibility index (Phi) is 5.55. The number of fused-ring (bicyclic) bond motifs is 1. The van der Waals surface area contributed by atoms with Gasteiger partial charge < -0.3 is 4.90 Å². The Balaban J connectivity index is 1.27. The Labute approximate surface area is 181 Å². The summed E-state index contributed by atoms with van der Waals surface area (Å²) < 4.78 is 0. The second-order valence-electron chi connectivity index (χ2n) is 7.49. The van der Waals surface area contributed by atoms with Crippen LogP contribution in [-0.2, 0) is 0 Å². The van der Waals surface area contributed by atoms with Crippen LogP contribution >= 0.6 is 11.3 Å². The minimum atomic E-state index is 0.985. The number of hydrogen-bond donors (Lipinski definition) is 0. The van der Waals surface area contributed by atoms with Gasteiger partial charge in [-0.3, -0.25) is 4.90 Å². The zero-order valence-corrected chi connectivity index (χ0v) is 17.6. The van der Waals surface area contributed by atoms with Gasteiger partial charge in [0.2, 0.25) is 0 Å². The summed E-state index contributed by atoms with van der Waals surface area (Å²) in [7, 11) is 0. The highest BCUT2D eigenvalue weighted by Gasteiger charge is 2.20. The molecule has 0 N–H and O–H groups in total. The SMILES string of the molecule is C(=C\c1ccccc1)/CN1CCN(c2ncnc3sc(-c4ccccc4)cc23)CC1. The molecule has 0 radical (unpaired) electrons. The molecule has 0 bridgehead atoms. The summed E-state index contributed by atoms with van der Waals surface area (Å²) in [6.45, 7) is 5.04. The topological polar surface area (TPSA) is 32.3 Å². The summed E-state index contributed by atoms with van der Waals surface area (Å²) in [5, 5.41) is 1.17. The van der Waals surface area contributed by atoms with Gasteiger partial charge in [0.25, 0.3) is 0 Å². The molecule has 1 saturated heterocycles. The van der Waals surface area contributed by atoms with Gasteiger partial charge in [0.15, 0.2) is 0 Å².